The van der Waals surface area contributed by atoms with Crippen LogP contribution in [0.5, 0.6) is 0 Å². The van der Waals surface area contributed by atoms with Crippen LogP contribution in [0.2, 0.25) is 0 Å². The second-order valence-electron chi connectivity index (χ2n) is 8.01. The maximum atomic E-state index is 12.8. The number of likely N-dealkylation sites (tertiary alicyclic amines) is 1. The lowest BCUT2D eigenvalue weighted by molar-refractivity contribution is -0.134. The maximum Gasteiger partial charge on any atom is 0.290 e. The largest absolute Gasteiger partial charge is 0.483 e. The Hall–Kier alpha value is -2.46. The minimum atomic E-state index is -0.250. The van der Waals surface area contributed by atoms with Gasteiger partial charge in [0.15, 0.2) is 0 Å². The molecule has 10 heteroatoms. The van der Waals surface area contributed by atoms with E-state index in [0.717, 1.165) is 58.4 Å². The van der Waals surface area contributed by atoms with E-state index in [1.54, 1.807) is 0 Å². The van der Waals surface area contributed by atoms with Crippen molar-refractivity contribution in [2.24, 2.45) is 13.0 Å². The maximum absolute atomic E-state index is 12.8. The van der Waals surface area contributed by atoms with Gasteiger partial charge in [0.2, 0.25) is 5.91 Å². The zero-order chi connectivity index (χ0) is 22.1. The molecule has 1 aromatic heterocycles. The number of aromatic nitrogens is 2. The van der Waals surface area contributed by atoms with Gasteiger partial charge in [-0.2, -0.15) is 5.10 Å². The summed E-state index contributed by atoms with van der Waals surface area (Å²) in [6, 6.07) is 0.812. The predicted molar refractivity (Wildman–Crippen MR) is 110 cm³/mol. The number of carbonyl (C=O) groups is 3. The molecule has 168 valence electrons. The summed E-state index contributed by atoms with van der Waals surface area (Å²) in [6.07, 6.45) is 8.29. The van der Waals surface area contributed by atoms with Gasteiger partial charge in [-0.1, -0.05) is 0 Å². The highest BCUT2D eigenvalue weighted by Crippen LogP contribution is 2.35. The first-order valence-electron chi connectivity index (χ1n) is 10.3. The monoisotopic (exact) mass is 423 g/mol. The first-order chi connectivity index (χ1) is 14.4. The number of hydrogen-bond donors (Lipinski definition) is 2. The van der Waals surface area contributed by atoms with Crippen LogP contribution in [0.1, 0.15) is 24.8 Å². The fourth-order valence-electron chi connectivity index (χ4n) is 4.32. The normalized spacial score (nSPS) is 24.3. The van der Waals surface area contributed by atoms with Crippen LogP contribution in [-0.2, 0) is 27.9 Å². The van der Waals surface area contributed by atoms with Gasteiger partial charge in [-0.15, -0.1) is 0 Å². The van der Waals surface area contributed by atoms with E-state index in [1.807, 2.05) is 17.9 Å². The summed E-state index contributed by atoms with van der Waals surface area (Å²) in [4.78, 5) is 36.7. The number of carbonyl (C=O) groups excluding carboxylic acids is 1. The van der Waals surface area contributed by atoms with Crippen molar-refractivity contribution >= 4 is 18.9 Å². The average molecular weight is 424 g/mol. The molecule has 1 aromatic rings. The van der Waals surface area contributed by atoms with Crippen molar-refractivity contribution in [1.29, 1.82) is 0 Å². The fraction of sp³-hybridized carbons (Fsp3) is 0.700. The lowest BCUT2D eigenvalue weighted by atomic mass is 9.99. The summed E-state index contributed by atoms with van der Waals surface area (Å²) < 4.78 is 1.86. The molecule has 1 amide bonds. The Balaban J connectivity index is 0.000000480. The Morgan fingerprint density at radius 2 is 1.67 bits per heavy atom. The molecular weight excluding hydrogens is 390 g/mol. The molecule has 0 radical (unpaired) electrons. The van der Waals surface area contributed by atoms with E-state index in [1.165, 1.54) is 5.56 Å². The topological polar surface area (TPSA) is 119 Å². The molecule has 4 rings (SSSR count). The number of amides is 1. The molecule has 0 aromatic carbocycles. The van der Waals surface area contributed by atoms with Crippen LogP contribution in [0.15, 0.2) is 12.4 Å². The Bertz CT molecular complexity index is 679. The molecule has 2 atom stereocenters. The van der Waals surface area contributed by atoms with Crippen LogP contribution in [0.4, 0.5) is 0 Å². The smallest absolute Gasteiger partial charge is 0.290 e. The van der Waals surface area contributed by atoms with E-state index in [9.17, 15) is 4.79 Å². The minimum Gasteiger partial charge on any atom is -0.483 e. The third-order valence-electron chi connectivity index (χ3n) is 5.93. The van der Waals surface area contributed by atoms with Gasteiger partial charge in [0.05, 0.1) is 12.2 Å². The van der Waals surface area contributed by atoms with Crippen molar-refractivity contribution in [3.05, 3.63) is 18.0 Å². The van der Waals surface area contributed by atoms with Crippen molar-refractivity contribution < 1.29 is 24.6 Å². The van der Waals surface area contributed by atoms with Gasteiger partial charge in [-0.3, -0.25) is 24.0 Å². The second kappa shape index (κ2) is 11.7. The van der Waals surface area contributed by atoms with Gasteiger partial charge < -0.3 is 20.0 Å². The van der Waals surface area contributed by atoms with Crippen LogP contribution in [0.3, 0.4) is 0 Å². The van der Waals surface area contributed by atoms with E-state index < -0.39 is 0 Å². The average Bonchev–Trinajstić information content (AvgIpc) is 3.37. The standard InChI is InChI=1S/C18H29N5O.2CH2O2/c1-20-7-9-22(10-8-20)16-5-6-23(18(24)15-3-4-15)17(16)11-14-12-19-21(2)13-14;2*2-1-3/h12-13,15-17H,3-11H2,1-2H3;2*1H,(H,2,3)/t16-,17+;;/m1../s1. The number of nitrogens with zero attached hydrogens (tertiary/aromatic N) is 5. The van der Waals surface area contributed by atoms with Crippen LogP contribution < -0.4 is 0 Å². The van der Waals surface area contributed by atoms with E-state index in [2.05, 4.69) is 33.0 Å². The SMILES string of the molecule is CN1CCN([C@@H]2CCN(C(=O)C3CC3)[C@H]2Cc2cnn(C)c2)CC1.O=CO.O=CO. The fourth-order valence-corrected chi connectivity index (χ4v) is 4.32. The highest BCUT2D eigenvalue weighted by atomic mass is 16.3. The molecule has 0 bridgehead atoms. The van der Waals surface area contributed by atoms with Crippen molar-refractivity contribution in [3.63, 3.8) is 0 Å². The van der Waals surface area contributed by atoms with Crippen LogP contribution >= 0.6 is 0 Å². The first kappa shape index (κ1) is 23.8. The highest BCUT2D eigenvalue weighted by Gasteiger charge is 2.44. The van der Waals surface area contributed by atoms with Crippen LogP contribution in [-0.4, -0.2) is 105 Å². The lowest BCUT2D eigenvalue weighted by Gasteiger charge is -2.40. The van der Waals surface area contributed by atoms with Gasteiger partial charge in [0.1, 0.15) is 0 Å². The molecule has 2 aliphatic heterocycles. The Morgan fingerprint density at radius 3 is 2.17 bits per heavy atom. The molecule has 3 aliphatic rings. The van der Waals surface area contributed by atoms with Gasteiger partial charge in [0, 0.05) is 57.9 Å². The summed E-state index contributed by atoms with van der Waals surface area (Å²) >= 11 is 0. The lowest BCUT2D eigenvalue weighted by Crippen LogP contribution is -2.54. The van der Waals surface area contributed by atoms with E-state index >= 15 is 0 Å². The molecule has 10 nitrogen and oxygen atoms in total. The van der Waals surface area contributed by atoms with Gasteiger partial charge in [0.25, 0.3) is 12.9 Å². The number of likely N-dealkylation sites (N-methyl/N-ethyl adjacent to an activating group) is 1. The van der Waals surface area contributed by atoms with Crippen molar-refractivity contribution in [2.75, 3.05) is 39.8 Å². The van der Waals surface area contributed by atoms with Gasteiger partial charge in [-0.05, 0) is 38.3 Å². The van der Waals surface area contributed by atoms with E-state index in [4.69, 9.17) is 19.8 Å². The Kier molecular flexibility index (Phi) is 9.25. The summed E-state index contributed by atoms with van der Waals surface area (Å²) in [7, 11) is 4.16. The first-order valence-corrected chi connectivity index (χ1v) is 10.3. The zero-order valence-corrected chi connectivity index (χ0v) is 17.8. The molecule has 1 saturated carbocycles. The van der Waals surface area contributed by atoms with Crippen molar-refractivity contribution in [1.82, 2.24) is 24.5 Å². The van der Waals surface area contributed by atoms with Crippen LogP contribution in [0, 0.1) is 5.92 Å². The third-order valence-corrected chi connectivity index (χ3v) is 5.93. The summed E-state index contributed by atoms with van der Waals surface area (Å²) in [6.45, 7) is 4.93. The Labute approximate surface area is 177 Å². The minimum absolute atomic E-state index is 0.250. The summed E-state index contributed by atoms with van der Waals surface area (Å²) in [5, 5.41) is 18.1. The summed E-state index contributed by atoms with van der Waals surface area (Å²) in [5.74, 6) is 0.716. The molecule has 2 N–H and O–H groups in total. The number of rotatable bonds is 4. The molecule has 0 unspecified atom stereocenters. The third kappa shape index (κ3) is 6.53. The van der Waals surface area contributed by atoms with Gasteiger partial charge >= 0.3 is 0 Å². The second-order valence-corrected chi connectivity index (χ2v) is 8.01. The number of aryl methyl sites for hydroxylation is 1. The van der Waals surface area contributed by atoms with E-state index in [0.29, 0.717) is 23.9 Å². The van der Waals surface area contributed by atoms with Crippen molar-refractivity contribution in [3.8, 4) is 0 Å². The number of hydrogen-bond acceptors (Lipinski definition) is 6. The molecule has 3 heterocycles. The summed E-state index contributed by atoms with van der Waals surface area (Å²) in [5.41, 5.74) is 1.25. The molecule has 1 aliphatic carbocycles. The van der Waals surface area contributed by atoms with E-state index in [-0.39, 0.29) is 12.9 Å². The quantitative estimate of drug-likeness (QED) is 0.649. The predicted octanol–water partition coefficient (Wildman–Crippen LogP) is -0.00890. The molecule has 2 saturated heterocycles. The van der Waals surface area contributed by atoms with Crippen molar-refractivity contribution in [2.45, 2.75) is 37.8 Å². The molecule has 0 spiro atoms. The number of piperazine rings is 1. The molecule has 30 heavy (non-hydrogen) atoms. The zero-order valence-electron chi connectivity index (χ0n) is 17.8. The highest BCUT2D eigenvalue weighted by molar-refractivity contribution is 5.81. The van der Waals surface area contributed by atoms with Gasteiger partial charge in [-0.25, -0.2) is 0 Å². The number of carboxylic acid groups (broad SMARTS) is 2. The molecule has 3 fully saturated rings. The Morgan fingerprint density at radius 1 is 1.07 bits per heavy atom. The van der Waals surface area contributed by atoms with Crippen LogP contribution in [0.25, 0.3) is 0 Å². The molecular formula is C20H33N5O5.